The first-order valence-electron chi connectivity index (χ1n) is 3.32. The standard InChI is InChI=1S/C7H11NO/c1-2-3-7(4-8)5-9-6-7/h2-3,5-6H2,1H3. The Labute approximate surface area is 55.4 Å². The molecule has 9 heavy (non-hydrogen) atoms. The highest BCUT2D eigenvalue weighted by Gasteiger charge is 2.37. The molecule has 0 aliphatic carbocycles. The van der Waals surface area contributed by atoms with Crippen molar-refractivity contribution in [1.29, 1.82) is 5.26 Å². The average molecular weight is 125 g/mol. The van der Waals surface area contributed by atoms with Crippen molar-refractivity contribution in [2.24, 2.45) is 5.41 Å². The van der Waals surface area contributed by atoms with Gasteiger partial charge in [-0.1, -0.05) is 13.3 Å². The molecule has 2 nitrogen and oxygen atoms in total. The molecule has 1 heterocycles. The quantitative estimate of drug-likeness (QED) is 0.557. The van der Waals surface area contributed by atoms with E-state index in [2.05, 4.69) is 13.0 Å². The van der Waals surface area contributed by atoms with Crippen LogP contribution in [0.5, 0.6) is 0 Å². The lowest BCUT2D eigenvalue weighted by atomic mass is 9.83. The second-order valence-corrected chi connectivity index (χ2v) is 2.63. The van der Waals surface area contributed by atoms with Gasteiger partial charge in [0.1, 0.15) is 5.41 Å². The molecule has 0 bridgehead atoms. The van der Waals surface area contributed by atoms with E-state index in [-0.39, 0.29) is 5.41 Å². The molecule has 50 valence electrons. The summed E-state index contributed by atoms with van der Waals surface area (Å²) in [5, 5.41) is 8.64. The van der Waals surface area contributed by atoms with Gasteiger partial charge in [-0.05, 0) is 6.42 Å². The predicted molar refractivity (Wildman–Crippen MR) is 33.8 cm³/mol. The lowest BCUT2D eigenvalue weighted by molar-refractivity contribution is -0.0814. The highest BCUT2D eigenvalue weighted by atomic mass is 16.5. The molecule has 0 amide bonds. The molecule has 0 aromatic rings. The first kappa shape index (κ1) is 6.57. The topological polar surface area (TPSA) is 33.0 Å². The lowest BCUT2D eigenvalue weighted by Gasteiger charge is -2.34. The summed E-state index contributed by atoms with van der Waals surface area (Å²) in [6.45, 7) is 3.39. The third-order valence-electron chi connectivity index (χ3n) is 1.72. The number of rotatable bonds is 2. The summed E-state index contributed by atoms with van der Waals surface area (Å²) in [5.74, 6) is 0. The average Bonchev–Trinajstić information content (AvgIpc) is 1.79. The third-order valence-corrected chi connectivity index (χ3v) is 1.72. The molecule has 1 aliphatic heterocycles. The van der Waals surface area contributed by atoms with Gasteiger partial charge in [-0.2, -0.15) is 5.26 Å². The number of hydrogen-bond donors (Lipinski definition) is 0. The van der Waals surface area contributed by atoms with E-state index in [9.17, 15) is 0 Å². The summed E-state index contributed by atoms with van der Waals surface area (Å²) in [6.07, 6.45) is 2.07. The normalized spacial score (nSPS) is 22.2. The van der Waals surface area contributed by atoms with Crippen LogP contribution in [-0.4, -0.2) is 13.2 Å². The van der Waals surface area contributed by atoms with Crippen molar-refractivity contribution in [2.75, 3.05) is 13.2 Å². The summed E-state index contributed by atoms with van der Waals surface area (Å²) in [5.41, 5.74) is -0.102. The fourth-order valence-corrected chi connectivity index (χ4v) is 1.09. The maximum absolute atomic E-state index is 8.64. The first-order chi connectivity index (χ1) is 4.33. The zero-order valence-electron chi connectivity index (χ0n) is 5.68. The van der Waals surface area contributed by atoms with E-state index in [1.54, 1.807) is 0 Å². The van der Waals surface area contributed by atoms with E-state index >= 15 is 0 Å². The van der Waals surface area contributed by atoms with E-state index in [4.69, 9.17) is 10.00 Å². The lowest BCUT2D eigenvalue weighted by Crippen LogP contribution is -2.40. The van der Waals surface area contributed by atoms with Crippen LogP contribution < -0.4 is 0 Å². The molecule has 0 saturated carbocycles. The molecule has 1 aliphatic rings. The van der Waals surface area contributed by atoms with Gasteiger partial charge in [0, 0.05) is 0 Å². The fraction of sp³-hybridized carbons (Fsp3) is 0.857. The van der Waals surface area contributed by atoms with Crippen LogP contribution in [0.3, 0.4) is 0 Å². The van der Waals surface area contributed by atoms with E-state index < -0.39 is 0 Å². The van der Waals surface area contributed by atoms with Gasteiger partial charge in [0.15, 0.2) is 0 Å². The van der Waals surface area contributed by atoms with Gasteiger partial charge in [-0.15, -0.1) is 0 Å². The van der Waals surface area contributed by atoms with Gasteiger partial charge in [-0.25, -0.2) is 0 Å². The molecule has 0 N–H and O–H groups in total. The molecule has 0 aromatic heterocycles. The van der Waals surface area contributed by atoms with Crippen molar-refractivity contribution < 1.29 is 4.74 Å². The molecule has 0 spiro atoms. The Kier molecular flexibility index (Phi) is 1.73. The second kappa shape index (κ2) is 2.36. The molecular weight excluding hydrogens is 114 g/mol. The minimum Gasteiger partial charge on any atom is -0.378 e. The third kappa shape index (κ3) is 1.06. The molecule has 0 atom stereocenters. The van der Waals surface area contributed by atoms with Crippen LogP contribution in [0, 0.1) is 16.7 Å². The van der Waals surface area contributed by atoms with E-state index in [1.165, 1.54) is 0 Å². The van der Waals surface area contributed by atoms with E-state index in [0.717, 1.165) is 12.8 Å². The summed E-state index contributed by atoms with van der Waals surface area (Å²) < 4.78 is 4.96. The number of hydrogen-bond acceptors (Lipinski definition) is 2. The van der Waals surface area contributed by atoms with Crippen molar-refractivity contribution in [3.63, 3.8) is 0 Å². The molecule has 0 radical (unpaired) electrons. The van der Waals surface area contributed by atoms with Crippen LogP contribution in [0.4, 0.5) is 0 Å². The van der Waals surface area contributed by atoms with Crippen molar-refractivity contribution in [3.05, 3.63) is 0 Å². The Morgan fingerprint density at radius 1 is 1.67 bits per heavy atom. The van der Waals surface area contributed by atoms with E-state index in [0.29, 0.717) is 13.2 Å². The smallest absolute Gasteiger partial charge is 0.104 e. The van der Waals surface area contributed by atoms with Crippen LogP contribution in [0.25, 0.3) is 0 Å². The molecule has 1 fully saturated rings. The van der Waals surface area contributed by atoms with Crippen LogP contribution in [-0.2, 0) is 4.74 Å². The molecular formula is C7H11NO. The van der Waals surface area contributed by atoms with Crippen LogP contribution in [0.2, 0.25) is 0 Å². The summed E-state index contributed by atoms with van der Waals surface area (Å²) >= 11 is 0. The van der Waals surface area contributed by atoms with Crippen LogP contribution >= 0.6 is 0 Å². The Bertz CT molecular complexity index is 132. The predicted octanol–water partition coefficient (Wildman–Crippen LogP) is 1.33. The summed E-state index contributed by atoms with van der Waals surface area (Å²) in [7, 11) is 0. The minimum atomic E-state index is -0.102. The molecule has 0 unspecified atom stereocenters. The highest BCUT2D eigenvalue weighted by molar-refractivity contribution is 5.03. The maximum atomic E-state index is 8.64. The zero-order chi connectivity index (χ0) is 6.74. The molecule has 2 heteroatoms. The summed E-state index contributed by atoms with van der Waals surface area (Å²) in [6, 6.07) is 2.29. The van der Waals surface area contributed by atoms with Gasteiger partial charge in [-0.3, -0.25) is 0 Å². The highest BCUT2D eigenvalue weighted by Crippen LogP contribution is 2.31. The zero-order valence-corrected chi connectivity index (χ0v) is 5.68. The van der Waals surface area contributed by atoms with E-state index in [1.807, 2.05) is 0 Å². The number of nitriles is 1. The maximum Gasteiger partial charge on any atom is 0.104 e. The fourth-order valence-electron chi connectivity index (χ4n) is 1.09. The number of ether oxygens (including phenoxy) is 1. The van der Waals surface area contributed by atoms with Gasteiger partial charge in [0.05, 0.1) is 19.3 Å². The van der Waals surface area contributed by atoms with Gasteiger partial charge < -0.3 is 4.74 Å². The largest absolute Gasteiger partial charge is 0.378 e. The molecule has 1 rings (SSSR count). The van der Waals surface area contributed by atoms with Gasteiger partial charge >= 0.3 is 0 Å². The number of nitrogens with zero attached hydrogens (tertiary/aromatic N) is 1. The summed E-state index contributed by atoms with van der Waals surface area (Å²) in [4.78, 5) is 0. The second-order valence-electron chi connectivity index (χ2n) is 2.63. The monoisotopic (exact) mass is 125 g/mol. The Morgan fingerprint density at radius 3 is 2.44 bits per heavy atom. The van der Waals surface area contributed by atoms with Gasteiger partial charge in [0.25, 0.3) is 0 Å². The Morgan fingerprint density at radius 2 is 2.33 bits per heavy atom. The van der Waals surface area contributed by atoms with Crippen LogP contribution in [0.1, 0.15) is 19.8 Å². The van der Waals surface area contributed by atoms with Crippen molar-refractivity contribution >= 4 is 0 Å². The Hall–Kier alpha value is -0.550. The van der Waals surface area contributed by atoms with Crippen molar-refractivity contribution in [3.8, 4) is 6.07 Å². The minimum absolute atomic E-state index is 0.102. The van der Waals surface area contributed by atoms with Gasteiger partial charge in [0.2, 0.25) is 0 Å². The first-order valence-corrected chi connectivity index (χ1v) is 3.32. The van der Waals surface area contributed by atoms with Crippen LogP contribution in [0.15, 0.2) is 0 Å². The SMILES string of the molecule is CCCC1(C#N)COC1. The van der Waals surface area contributed by atoms with Crippen molar-refractivity contribution in [2.45, 2.75) is 19.8 Å². The molecule has 0 aromatic carbocycles. The molecule has 1 saturated heterocycles. The van der Waals surface area contributed by atoms with Crippen molar-refractivity contribution in [1.82, 2.24) is 0 Å². The Balaban J connectivity index is 2.40.